The van der Waals surface area contributed by atoms with Gasteiger partial charge in [0.15, 0.2) is 5.58 Å². The largest absolute Gasteiger partial charge is 0.455 e. The number of hydrogen-bond acceptors (Lipinski definition) is 4. The number of aromatic nitrogens is 1. The molecule has 0 atom stereocenters. The van der Waals surface area contributed by atoms with Gasteiger partial charge in [0.1, 0.15) is 16.7 Å². The molecule has 1 aliphatic carbocycles. The number of rotatable bonds is 7. The highest BCUT2D eigenvalue weighted by Gasteiger charge is 2.47. The first-order chi connectivity index (χ1) is 31.7. The van der Waals surface area contributed by atoms with Crippen molar-refractivity contribution in [1.29, 1.82) is 0 Å². The second-order valence-corrected chi connectivity index (χ2v) is 16.6. The van der Waals surface area contributed by atoms with E-state index in [1.54, 1.807) is 0 Å². The molecule has 0 unspecified atom stereocenters. The lowest BCUT2D eigenvalue weighted by Crippen LogP contribution is -2.28. The van der Waals surface area contributed by atoms with E-state index in [1.807, 2.05) is 24.3 Å². The maximum atomic E-state index is 7.04. The molecule has 0 spiro atoms. The van der Waals surface area contributed by atoms with Gasteiger partial charge in [0.2, 0.25) is 5.89 Å². The number of hydrogen-bond donors (Lipinski definition) is 0. The van der Waals surface area contributed by atoms with Crippen molar-refractivity contribution < 1.29 is 8.83 Å². The Morgan fingerprint density at radius 3 is 1.84 bits per heavy atom. The number of furan rings is 1. The standard InChI is InChI=1S/C60H38N2O2/c1-4-17-39(18-5-1)40-31-34-45(35-32-40)62(52-29-16-27-50-56(52)47-25-12-13-26-49(47)60(50,43-20-6-2-7-21-43)44-22-8-3-9-23-44)53-37-41-19-10-11-24-46(41)58-57(53)48-36-33-42(38-55(48)63-58)59-61-51-28-14-15-30-54(51)64-59/h1-38H. The van der Waals surface area contributed by atoms with Gasteiger partial charge < -0.3 is 13.7 Å². The van der Waals surface area contributed by atoms with Crippen LogP contribution in [0.5, 0.6) is 0 Å². The van der Waals surface area contributed by atoms with Crippen LogP contribution in [0.25, 0.3) is 77.5 Å². The van der Waals surface area contributed by atoms with Gasteiger partial charge in [-0.3, -0.25) is 0 Å². The lowest BCUT2D eigenvalue weighted by atomic mass is 9.68. The molecule has 0 radical (unpaired) electrons. The highest BCUT2D eigenvalue weighted by Crippen LogP contribution is 2.60. The first-order valence-electron chi connectivity index (χ1n) is 21.8. The van der Waals surface area contributed by atoms with Gasteiger partial charge in [0.05, 0.1) is 22.2 Å². The number of oxazole rings is 1. The molecule has 0 bridgehead atoms. The van der Waals surface area contributed by atoms with Crippen LogP contribution in [-0.4, -0.2) is 4.98 Å². The Kier molecular flexibility index (Phi) is 8.09. The highest BCUT2D eigenvalue weighted by atomic mass is 16.3. The summed E-state index contributed by atoms with van der Waals surface area (Å²) in [5, 5.41) is 4.18. The molecule has 0 saturated heterocycles. The number of nitrogens with zero attached hydrogens (tertiary/aromatic N) is 2. The SMILES string of the molecule is c1ccc(-c2ccc(N(c3cccc4c3-c3ccccc3C4(c3ccccc3)c3ccccc3)c3cc4ccccc4c4oc5cc(-c6nc7ccccc7o6)ccc5c34)cc2)cc1. The van der Waals surface area contributed by atoms with Crippen LogP contribution in [-0.2, 0) is 5.41 Å². The molecule has 0 aliphatic heterocycles. The maximum Gasteiger partial charge on any atom is 0.227 e. The third-order valence-electron chi connectivity index (χ3n) is 13.2. The van der Waals surface area contributed by atoms with Crippen LogP contribution in [0.1, 0.15) is 22.3 Å². The predicted molar refractivity (Wildman–Crippen MR) is 262 cm³/mol. The molecule has 2 heterocycles. The van der Waals surface area contributed by atoms with Crippen molar-refractivity contribution in [2.24, 2.45) is 0 Å². The van der Waals surface area contributed by atoms with Crippen LogP contribution in [0.15, 0.2) is 239 Å². The second kappa shape index (κ2) is 14.3. The monoisotopic (exact) mass is 818 g/mol. The second-order valence-electron chi connectivity index (χ2n) is 16.6. The first-order valence-corrected chi connectivity index (χ1v) is 21.8. The fourth-order valence-corrected chi connectivity index (χ4v) is 10.4. The zero-order valence-electron chi connectivity index (χ0n) is 34.7. The van der Waals surface area contributed by atoms with Crippen molar-refractivity contribution >= 4 is 60.9 Å². The number of anilines is 3. The Morgan fingerprint density at radius 2 is 1.06 bits per heavy atom. The van der Waals surface area contributed by atoms with E-state index in [9.17, 15) is 0 Å². The number of para-hydroxylation sites is 2. The minimum Gasteiger partial charge on any atom is -0.455 e. The summed E-state index contributed by atoms with van der Waals surface area (Å²) in [6.45, 7) is 0. The number of fused-ring (bicyclic) bond motifs is 9. The minimum absolute atomic E-state index is 0.560. The average Bonchev–Trinajstić information content (AvgIpc) is 4.07. The zero-order chi connectivity index (χ0) is 42.2. The molecule has 64 heavy (non-hydrogen) atoms. The molecule has 300 valence electrons. The van der Waals surface area contributed by atoms with E-state index >= 15 is 0 Å². The van der Waals surface area contributed by atoms with Crippen LogP contribution in [0, 0.1) is 0 Å². The smallest absolute Gasteiger partial charge is 0.227 e. The lowest BCUT2D eigenvalue weighted by Gasteiger charge is -2.34. The Hall–Kier alpha value is -8.47. The van der Waals surface area contributed by atoms with Crippen molar-refractivity contribution in [3.05, 3.63) is 253 Å². The van der Waals surface area contributed by atoms with Crippen molar-refractivity contribution in [3.8, 4) is 33.7 Å². The normalized spacial score (nSPS) is 12.8. The summed E-state index contributed by atoms with van der Waals surface area (Å²) < 4.78 is 13.3. The van der Waals surface area contributed by atoms with Crippen molar-refractivity contribution in [2.45, 2.75) is 5.41 Å². The molecule has 0 fully saturated rings. The molecule has 0 amide bonds. The van der Waals surface area contributed by atoms with Crippen LogP contribution in [0.2, 0.25) is 0 Å². The van der Waals surface area contributed by atoms with Crippen molar-refractivity contribution in [3.63, 3.8) is 0 Å². The van der Waals surface area contributed by atoms with Crippen LogP contribution >= 0.6 is 0 Å². The van der Waals surface area contributed by atoms with E-state index in [2.05, 4.69) is 211 Å². The Bertz CT molecular complexity index is 3650. The van der Waals surface area contributed by atoms with Gasteiger partial charge in [-0.2, -0.15) is 0 Å². The minimum atomic E-state index is -0.560. The number of benzene rings is 10. The van der Waals surface area contributed by atoms with Crippen LogP contribution < -0.4 is 4.90 Å². The summed E-state index contributed by atoms with van der Waals surface area (Å²) in [6, 6.07) is 82.6. The van der Waals surface area contributed by atoms with Gasteiger partial charge in [0.25, 0.3) is 0 Å². The van der Waals surface area contributed by atoms with Gasteiger partial charge >= 0.3 is 0 Å². The predicted octanol–water partition coefficient (Wildman–Crippen LogP) is 16.0. The molecule has 2 aromatic heterocycles. The Labute approximate surface area is 369 Å². The summed E-state index contributed by atoms with van der Waals surface area (Å²) in [5.41, 5.74) is 16.3. The maximum absolute atomic E-state index is 7.04. The Morgan fingerprint density at radius 1 is 0.422 bits per heavy atom. The molecule has 1 aliphatic rings. The van der Waals surface area contributed by atoms with E-state index in [-0.39, 0.29) is 0 Å². The molecular weight excluding hydrogens is 781 g/mol. The van der Waals surface area contributed by atoms with E-state index in [1.165, 1.54) is 38.9 Å². The molecule has 0 saturated carbocycles. The van der Waals surface area contributed by atoms with E-state index in [0.29, 0.717) is 5.89 Å². The molecule has 12 aromatic rings. The fraction of sp³-hybridized carbons (Fsp3) is 0.0167. The van der Waals surface area contributed by atoms with E-state index < -0.39 is 5.41 Å². The topological polar surface area (TPSA) is 42.4 Å². The van der Waals surface area contributed by atoms with Crippen LogP contribution in [0.3, 0.4) is 0 Å². The highest BCUT2D eigenvalue weighted by molar-refractivity contribution is 6.22. The van der Waals surface area contributed by atoms with Gasteiger partial charge in [-0.25, -0.2) is 4.98 Å². The first kappa shape index (κ1) is 36.2. The van der Waals surface area contributed by atoms with Crippen LogP contribution in [0.4, 0.5) is 17.1 Å². The van der Waals surface area contributed by atoms with E-state index in [0.717, 1.165) is 72.0 Å². The summed E-state index contributed by atoms with van der Waals surface area (Å²) in [7, 11) is 0. The van der Waals surface area contributed by atoms with Gasteiger partial charge in [0, 0.05) is 27.6 Å². The third kappa shape index (κ3) is 5.39. The fourth-order valence-electron chi connectivity index (χ4n) is 10.4. The zero-order valence-corrected chi connectivity index (χ0v) is 34.7. The van der Waals surface area contributed by atoms with Gasteiger partial charge in [-0.1, -0.05) is 176 Å². The molecule has 13 rings (SSSR count). The van der Waals surface area contributed by atoms with E-state index in [4.69, 9.17) is 13.8 Å². The molecule has 4 nitrogen and oxygen atoms in total. The molecule has 0 N–H and O–H groups in total. The molecule has 10 aromatic carbocycles. The average molecular weight is 819 g/mol. The molecule has 4 heteroatoms. The lowest BCUT2D eigenvalue weighted by molar-refractivity contribution is 0.619. The third-order valence-corrected chi connectivity index (χ3v) is 13.2. The van der Waals surface area contributed by atoms with Crippen molar-refractivity contribution in [2.75, 3.05) is 4.90 Å². The summed E-state index contributed by atoms with van der Waals surface area (Å²) >= 11 is 0. The molecular formula is C60H38N2O2. The quantitative estimate of drug-likeness (QED) is 0.161. The van der Waals surface area contributed by atoms with Gasteiger partial charge in [-0.15, -0.1) is 0 Å². The Balaban J connectivity index is 1.12. The summed E-state index contributed by atoms with van der Waals surface area (Å²) in [4.78, 5) is 7.31. The van der Waals surface area contributed by atoms with Gasteiger partial charge in [-0.05, 0) is 98.9 Å². The summed E-state index contributed by atoms with van der Waals surface area (Å²) in [6.07, 6.45) is 0. The summed E-state index contributed by atoms with van der Waals surface area (Å²) in [5.74, 6) is 0.563. The van der Waals surface area contributed by atoms with Crippen molar-refractivity contribution in [1.82, 2.24) is 4.98 Å².